The third-order valence-corrected chi connectivity index (χ3v) is 8.59. The first-order valence-electron chi connectivity index (χ1n) is 22.5. The van der Waals surface area contributed by atoms with Crippen molar-refractivity contribution in [2.75, 3.05) is 35.8 Å². The second kappa shape index (κ2) is 39.8. The number of nitrogens with two attached hydrogens (primary N) is 8. The van der Waals surface area contributed by atoms with Crippen LogP contribution in [0.4, 0.5) is 17.1 Å². The number of hydrazone groups is 1. The van der Waals surface area contributed by atoms with E-state index in [1.54, 1.807) is 85.8 Å². The Morgan fingerprint density at radius 2 is 1.05 bits per heavy atom. The van der Waals surface area contributed by atoms with E-state index in [4.69, 9.17) is 56.1 Å². The predicted molar refractivity (Wildman–Crippen MR) is 299 cm³/mol. The summed E-state index contributed by atoms with van der Waals surface area (Å²) in [5.74, 6) is -2.12. The van der Waals surface area contributed by atoms with E-state index in [0.717, 1.165) is 39.3 Å². The fourth-order valence-electron chi connectivity index (χ4n) is 4.99. The molecule has 21 heteroatoms. The lowest BCUT2D eigenvalue weighted by molar-refractivity contribution is -0.138. The molecule has 73 heavy (non-hydrogen) atoms. The minimum atomic E-state index is -0.959. The molecule has 21 nitrogen and oxygen atoms in total. The molecule has 0 saturated heterocycles. The SMILES string of the molecule is C.CC.CC.CC(=O)c1ccc(NCCN=C(N)N)c(C)c1.CC(=O)c1ccc(NN=C(N)N)cc1.Cc1ccc(C(=O)O)cc1.NC(=O)c1ccc(NCN=C(N)N)cc1.NC(Cc1ccccc1)C(=O)O. The maximum atomic E-state index is 11.2. The fraction of sp³-hybridized carbons (Fsp3) is 0.269. The zero-order valence-corrected chi connectivity index (χ0v) is 42.3. The smallest absolute Gasteiger partial charge is 0.335 e. The average molecular weight is 1010 g/mol. The van der Waals surface area contributed by atoms with Gasteiger partial charge < -0.3 is 66.7 Å². The van der Waals surface area contributed by atoms with Crippen LogP contribution < -0.4 is 61.9 Å². The van der Waals surface area contributed by atoms with Crippen molar-refractivity contribution in [3.8, 4) is 0 Å². The van der Waals surface area contributed by atoms with Crippen LogP contribution in [0, 0.1) is 13.8 Å². The number of hydrogen-bond donors (Lipinski definition) is 13. The number of aromatic carboxylic acids is 1. The number of rotatable bonds is 16. The molecule has 0 radical (unpaired) electrons. The van der Waals surface area contributed by atoms with Crippen molar-refractivity contribution < 1.29 is 34.2 Å². The molecule has 0 saturated carbocycles. The highest BCUT2D eigenvalue weighted by atomic mass is 16.4. The van der Waals surface area contributed by atoms with Gasteiger partial charge in [0.15, 0.2) is 23.5 Å². The molecule has 0 aliphatic rings. The molecule has 0 heterocycles. The normalized spacial score (nSPS) is 9.44. The Morgan fingerprint density at radius 1 is 0.575 bits per heavy atom. The summed E-state index contributed by atoms with van der Waals surface area (Å²) in [6, 6.07) is 34.4. The number of benzene rings is 5. The Hall–Kier alpha value is -8.98. The monoisotopic (exact) mass is 1010 g/mol. The quantitative estimate of drug-likeness (QED) is 0.0182. The highest BCUT2D eigenvalue weighted by molar-refractivity contribution is 5.95. The summed E-state index contributed by atoms with van der Waals surface area (Å²) in [7, 11) is 0. The van der Waals surface area contributed by atoms with Gasteiger partial charge in [0.25, 0.3) is 0 Å². The van der Waals surface area contributed by atoms with Crippen LogP contribution in [0.2, 0.25) is 0 Å². The Morgan fingerprint density at radius 3 is 1.49 bits per heavy atom. The fourth-order valence-corrected chi connectivity index (χ4v) is 4.99. The first-order valence-corrected chi connectivity index (χ1v) is 22.5. The molecule has 1 amide bonds. The number of carboxylic acid groups (broad SMARTS) is 2. The van der Waals surface area contributed by atoms with E-state index < -0.39 is 23.9 Å². The Kier molecular flexibility index (Phi) is 37.3. The Bertz CT molecular complexity index is 2450. The summed E-state index contributed by atoms with van der Waals surface area (Å²) in [5, 5.41) is 26.7. The molecule has 1 atom stereocenters. The zero-order valence-electron chi connectivity index (χ0n) is 42.3. The molecular formula is C52H78N14O7. The number of anilines is 3. The summed E-state index contributed by atoms with van der Waals surface area (Å²) in [5.41, 5.74) is 51.8. The number of guanidine groups is 3. The lowest BCUT2D eigenvalue weighted by Crippen LogP contribution is -2.32. The lowest BCUT2D eigenvalue weighted by atomic mass is 10.1. The van der Waals surface area contributed by atoms with Gasteiger partial charge in [0.05, 0.1) is 17.8 Å². The van der Waals surface area contributed by atoms with Crippen molar-refractivity contribution in [2.45, 2.75) is 75.3 Å². The van der Waals surface area contributed by atoms with E-state index in [1.165, 1.54) is 6.92 Å². The molecule has 0 spiro atoms. The van der Waals surface area contributed by atoms with Crippen LogP contribution in [0.5, 0.6) is 0 Å². The first-order chi connectivity index (χ1) is 34.1. The van der Waals surface area contributed by atoms with Gasteiger partial charge in [-0.2, -0.15) is 0 Å². The van der Waals surface area contributed by atoms with E-state index in [2.05, 4.69) is 31.1 Å². The van der Waals surface area contributed by atoms with Crippen LogP contribution in [0.25, 0.3) is 0 Å². The van der Waals surface area contributed by atoms with E-state index in [-0.39, 0.29) is 43.5 Å². The number of hydrogen-bond acceptors (Lipinski definition) is 12. The number of amides is 1. The first kappa shape index (κ1) is 68.3. The van der Waals surface area contributed by atoms with Gasteiger partial charge in [0.1, 0.15) is 12.7 Å². The zero-order chi connectivity index (χ0) is 55.2. The molecule has 5 rings (SSSR count). The van der Waals surface area contributed by atoms with Crippen LogP contribution in [0.3, 0.4) is 0 Å². The van der Waals surface area contributed by atoms with Crippen molar-refractivity contribution in [1.29, 1.82) is 0 Å². The average Bonchev–Trinajstić information content (AvgIpc) is 3.35. The number of carboxylic acids is 2. The largest absolute Gasteiger partial charge is 0.480 e. The van der Waals surface area contributed by atoms with Crippen molar-refractivity contribution in [2.24, 2.45) is 61.0 Å². The van der Waals surface area contributed by atoms with Gasteiger partial charge in [-0.25, -0.2) is 9.79 Å². The van der Waals surface area contributed by atoms with Gasteiger partial charge in [-0.05, 0) is 124 Å². The number of primary amides is 1. The number of ketones is 2. The van der Waals surface area contributed by atoms with E-state index in [1.807, 2.05) is 84.0 Å². The summed E-state index contributed by atoms with van der Waals surface area (Å²) in [6.45, 7) is 16.4. The predicted octanol–water partition coefficient (Wildman–Crippen LogP) is 5.82. The summed E-state index contributed by atoms with van der Waals surface area (Å²) < 4.78 is 0. The second-order valence-corrected chi connectivity index (χ2v) is 14.3. The highest BCUT2D eigenvalue weighted by Gasteiger charge is 2.11. The van der Waals surface area contributed by atoms with Crippen molar-refractivity contribution >= 4 is 64.4 Å². The van der Waals surface area contributed by atoms with E-state index >= 15 is 0 Å². The number of nitrogens with one attached hydrogen (secondary N) is 3. The molecule has 1 unspecified atom stereocenters. The van der Waals surface area contributed by atoms with Gasteiger partial charge >= 0.3 is 11.9 Å². The van der Waals surface area contributed by atoms with Gasteiger partial charge in [0.2, 0.25) is 11.9 Å². The molecule has 0 aliphatic carbocycles. The number of carbonyl (C=O) groups is 5. The number of aliphatic imine (C=N–C) groups is 2. The van der Waals surface area contributed by atoms with Crippen LogP contribution in [-0.4, -0.2) is 83.3 Å². The second-order valence-electron chi connectivity index (χ2n) is 14.3. The van der Waals surface area contributed by atoms with E-state index in [0.29, 0.717) is 36.2 Å². The van der Waals surface area contributed by atoms with Crippen molar-refractivity contribution in [3.05, 3.63) is 160 Å². The third-order valence-electron chi connectivity index (χ3n) is 8.59. The number of nitrogens with zero attached hydrogens (tertiary/aromatic N) is 3. The molecular weight excluding hydrogens is 933 g/mol. The molecule has 21 N–H and O–H groups in total. The van der Waals surface area contributed by atoms with Gasteiger partial charge in [-0.1, -0.05) is 83.1 Å². The molecule has 5 aromatic rings. The molecule has 0 fully saturated rings. The van der Waals surface area contributed by atoms with Crippen LogP contribution in [-0.2, 0) is 11.2 Å². The number of aryl methyl sites for hydroxylation is 2. The lowest BCUT2D eigenvalue weighted by Gasteiger charge is -2.09. The maximum Gasteiger partial charge on any atom is 0.335 e. The van der Waals surface area contributed by atoms with Gasteiger partial charge in [-0.15, -0.1) is 5.10 Å². The van der Waals surface area contributed by atoms with Crippen LogP contribution >= 0.6 is 0 Å². The molecule has 0 bridgehead atoms. The highest BCUT2D eigenvalue weighted by Crippen LogP contribution is 2.17. The summed E-state index contributed by atoms with van der Waals surface area (Å²) in [4.78, 5) is 61.2. The number of Topliss-reactive ketones (excluding diaryl/α,β-unsaturated/α-hetero) is 2. The number of aliphatic carboxylic acids is 1. The van der Waals surface area contributed by atoms with Crippen LogP contribution in [0.15, 0.2) is 136 Å². The van der Waals surface area contributed by atoms with Crippen molar-refractivity contribution in [1.82, 2.24) is 0 Å². The Balaban J connectivity index is -0.000000828. The summed E-state index contributed by atoms with van der Waals surface area (Å²) in [6.07, 6.45) is 0.385. The van der Waals surface area contributed by atoms with Crippen LogP contribution in [0.1, 0.15) is 107 Å². The minimum Gasteiger partial charge on any atom is -0.480 e. The number of carbonyl (C=O) groups excluding carboxylic acids is 3. The van der Waals surface area contributed by atoms with Crippen molar-refractivity contribution in [3.63, 3.8) is 0 Å². The maximum absolute atomic E-state index is 11.2. The molecule has 0 aliphatic heterocycles. The van der Waals surface area contributed by atoms with E-state index in [9.17, 15) is 24.0 Å². The van der Waals surface area contributed by atoms with Gasteiger partial charge in [0, 0.05) is 34.6 Å². The van der Waals surface area contributed by atoms with Gasteiger partial charge in [-0.3, -0.25) is 29.6 Å². The standard InChI is InChI=1S/C12H18N4O.C9H13N5O.C9H12N4O.C9H11NO2.C8H8O2.2C2H6.CH4/c1-8-7-10(9(2)17)3-4-11(8)15-5-6-16-12(13)14;10-8(15)6-1-3-7(4-2-6)13-5-14-9(11)12;1-6(14)7-2-4-8(5-3-7)12-13-9(10)11;10-8(9(11)12)6-7-4-2-1-3-5-7;1-6-2-4-7(5-3-6)8(9)10;2*1-2;/h3-4,7,15H,5-6H2,1-2H3,(H4,13,14,16);1-4,13H,5H2,(H2,10,15)(H4,11,12,14);2-5,12H,1H3,(H4,10,11,13);1-5,8H,6,10H2,(H,11,12);2-5H,1H3,(H,9,10);2*1-2H3;1H4. The third kappa shape index (κ3) is 33.2. The Labute approximate surface area is 429 Å². The topological polar surface area (TPSA) is 407 Å². The summed E-state index contributed by atoms with van der Waals surface area (Å²) >= 11 is 0. The molecule has 5 aromatic carbocycles. The molecule has 0 aromatic heterocycles. The molecule has 398 valence electrons. The minimum absolute atomic E-state index is 0.